The van der Waals surface area contributed by atoms with E-state index in [2.05, 4.69) is 10.6 Å². The van der Waals surface area contributed by atoms with Crippen molar-refractivity contribution in [3.63, 3.8) is 0 Å². The fraction of sp³-hybridized carbons (Fsp3) is 0.240. The summed E-state index contributed by atoms with van der Waals surface area (Å²) < 4.78 is 10.5. The molecule has 33 heavy (non-hydrogen) atoms. The fourth-order valence-electron chi connectivity index (χ4n) is 3.26. The first-order valence-corrected chi connectivity index (χ1v) is 11.1. The number of para-hydroxylation sites is 1. The number of esters is 1. The molecule has 2 amide bonds. The molecule has 8 heteroatoms. The summed E-state index contributed by atoms with van der Waals surface area (Å²) in [5.74, 6) is -0.861. The Bertz CT molecular complexity index is 1220. The lowest BCUT2D eigenvalue weighted by atomic mass is 10.1. The van der Waals surface area contributed by atoms with Gasteiger partial charge in [0.15, 0.2) is 6.61 Å². The van der Waals surface area contributed by atoms with Crippen LogP contribution in [0.3, 0.4) is 0 Å². The third-order valence-electron chi connectivity index (χ3n) is 5.30. The number of nitrogens with one attached hydrogen (secondary N) is 2. The van der Waals surface area contributed by atoms with Crippen LogP contribution in [0.4, 0.5) is 10.7 Å². The number of rotatable bonds is 7. The van der Waals surface area contributed by atoms with Crippen molar-refractivity contribution in [1.82, 2.24) is 0 Å². The number of thiophene rings is 1. The number of benzene rings is 2. The molecule has 2 N–H and O–H groups in total. The summed E-state index contributed by atoms with van der Waals surface area (Å²) in [6.07, 6.45) is 0. The van der Waals surface area contributed by atoms with Crippen molar-refractivity contribution in [2.45, 2.75) is 27.7 Å². The molecule has 3 rings (SSSR count). The Kier molecular flexibility index (Phi) is 7.50. The van der Waals surface area contributed by atoms with Crippen molar-refractivity contribution in [1.29, 1.82) is 0 Å². The largest absolute Gasteiger partial charge is 0.483 e. The van der Waals surface area contributed by atoms with Crippen molar-refractivity contribution >= 4 is 39.8 Å². The summed E-state index contributed by atoms with van der Waals surface area (Å²) >= 11 is 1.02. The Labute approximate surface area is 196 Å². The van der Waals surface area contributed by atoms with Crippen LogP contribution in [0.15, 0.2) is 42.5 Å². The Hall–Kier alpha value is -3.65. The Morgan fingerprint density at radius 1 is 0.879 bits per heavy atom. The Morgan fingerprint density at radius 3 is 2.27 bits per heavy atom. The number of hydrogen-bond donors (Lipinski definition) is 2. The molecule has 0 radical (unpaired) electrons. The molecule has 0 unspecified atom stereocenters. The topological polar surface area (TPSA) is 93.7 Å². The highest BCUT2D eigenvalue weighted by Crippen LogP contribution is 2.34. The third kappa shape index (κ3) is 5.40. The van der Waals surface area contributed by atoms with E-state index in [9.17, 15) is 14.4 Å². The van der Waals surface area contributed by atoms with E-state index in [1.54, 1.807) is 13.0 Å². The minimum Gasteiger partial charge on any atom is -0.483 e. The van der Waals surface area contributed by atoms with Gasteiger partial charge in [0.25, 0.3) is 11.8 Å². The molecular formula is C25H26N2O5S. The lowest BCUT2D eigenvalue weighted by molar-refractivity contribution is -0.118. The summed E-state index contributed by atoms with van der Waals surface area (Å²) in [5, 5.41) is 5.82. The second kappa shape index (κ2) is 10.3. The predicted molar refractivity (Wildman–Crippen MR) is 130 cm³/mol. The van der Waals surface area contributed by atoms with Crippen molar-refractivity contribution in [3.05, 3.63) is 75.2 Å². The first kappa shape index (κ1) is 24.0. The molecule has 0 saturated heterocycles. The molecule has 0 atom stereocenters. The first-order chi connectivity index (χ1) is 15.7. The first-order valence-electron chi connectivity index (χ1n) is 10.3. The average Bonchev–Trinajstić information content (AvgIpc) is 3.11. The van der Waals surface area contributed by atoms with Gasteiger partial charge in [-0.3, -0.25) is 9.59 Å². The van der Waals surface area contributed by atoms with Crippen LogP contribution >= 0.6 is 11.3 Å². The highest BCUT2D eigenvalue weighted by Gasteiger charge is 2.26. The van der Waals surface area contributed by atoms with E-state index in [1.807, 2.05) is 57.2 Å². The fourth-order valence-corrected chi connectivity index (χ4v) is 4.36. The zero-order chi connectivity index (χ0) is 24.1. The third-order valence-corrected chi connectivity index (χ3v) is 6.51. The number of anilines is 2. The van der Waals surface area contributed by atoms with Gasteiger partial charge in [-0.05, 0) is 62.1 Å². The highest BCUT2D eigenvalue weighted by molar-refractivity contribution is 7.19. The monoisotopic (exact) mass is 466 g/mol. The molecule has 172 valence electrons. The van der Waals surface area contributed by atoms with E-state index in [-0.39, 0.29) is 23.1 Å². The smallest absolute Gasteiger partial charge is 0.341 e. The zero-order valence-electron chi connectivity index (χ0n) is 19.2. The minimum absolute atomic E-state index is 0.151. The van der Waals surface area contributed by atoms with E-state index in [0.717, 1.165) is 28.0 Å². The van der Waals surface area contributed by atoms with Crippen LogP contribution in [0.25, 0.3) is 0 Å². The van der Waals surface area contributed by atoms with Gasteiger partial charge in [0.05, 0.1) is 17.6 Å². The van der Waals surface area contributed by atoms with Gasteiger partial charge >= 0.3 is 5.97 Å². The van der Waals surface area contributed by atoms with Crippen molar-refractivity contribution in [2.24, 2.45) is 0 Å². The van der Waals surface area contributed by atoms with Crippen LogP contribution in [0.2, 0.25) is 0 Å². The molecule has 0 aliphatic heterocycles. The van der Waals surface area contributed by atoms with E-state index in [4.69, 9.17) is 9.47 Å². The number of carbonyl (C=O) groups is 3. The van der Waals surface area contributed by atoms with E-state index < -0.39 is 11.9 Å². The second-order valence-corrected chi connectivity index (χ2v) is 8.58. The number of aryl methyl sites for hydroxylation is 2. The molecule has 0 bridgehead atoms. The lowest BCUT2D eigenvalue weighted by Gasteiger charge is -2.10. The Morgan fingerprint density at radius 2 is 1.58 bits per heavy atom. The highest BCUT2D eigenvalue weighted by atomic mass is 32.1. The van der Waals surface area contributed by atoms with Crippen LogP contribution in [0, 0.1) is 27.7 Å². The van der Waals surface area contributed by atoms with Gasteiger partial charge in [-0.15, -0.1) is 11.3 Å². The molecule has 1 aromatic heterocycles. The molecule has 0 spiro atoms. The van der Waals surface area contributed by atoms with Gasteiger partial charge in [0, 0.05) is 5.69 Å². The van der Waals surface area contributed by atoms with Crippen LogP contribution in [0.5, 0.6) is 5.75 Å². The number of methoxy groups -OCH3 is 1. The van der Waals surface area contributed by atoms with Crippen LogP contribution in [-0.2, 0) is 9.53 Å². The zero-order valence-corrected chi connectivity index (χ0v) is 20.0. The maximum absolute atomic E-state index is 13.0. The van der Waals surface area contributed by atoms with Crippen molar-refractivity contribution in [3.8, 4) is 5.75 Å². The molecule has 2 aromatic carbocycles. The molecule has 0 fully saturated rings. The molecule has 7 nitrogen and oxygen atoms in total. The van der Waals surface area contributed by atoms with Crippen molar-refractivity contribution in [2.75, 3.05) is 24.4 Å². The SMILES string of the molecule is COC(=O)c1c(NC(=O)COc2ccccc2C)sc(C(=O)Nc2cccc(C)c2C)c1C. The maximum Gasteiger partial charge on any atom is 0.341 e. The van der Waals surface area contributed by atoms with E-state index in [0.29, 0.717) is 21.9 Å². The minimum atomic E-state index is -0.635. The number of carbonyl (C=O) groups excluding carboxylic acids is 3. The predicted octanol–water partition coefficient (Wildman–Crippen LogP) is 5.04. The Balaban J connectivity index is 1.82. The van der Waals surface area contributed by atoms with Crippen LogP contribution in [0.1, 0.15) is 42.3 Å². The van der Waals surface area contributed by atoms with Gasteiger partial charge in [-0.25, -0.2) is 4.79 Å². The summed E-state index contributed by atoms with van der Waals surface area (Å²) in [6.45, 7) is 7.17. The number of hydrogen-bond acceptors (Lipinski definition) is 6. The summed E-state index contributed by atoms with van der Waals surface area (Å²) in [4.78, 5) is 38.3. The lowest BCUT2D eigenvalue weighted by Crippen LogP contribution is -2.21. The number of amides is 2. The second-order valence-electron chi connectivity index (χ2n) is 7.56. The number of ether oxygens (including phenoxy) is 2. The average molecular weight is 467 g/mol. The quantitative estimate of drug-likeness (QED) is 0.476. The molecule has 0 saturated carbocycles. The van der Waals surface area contributed by atoms with E-state index in [1.165, 1.54) is 7.11 Å². The summed E-state index contributed by atoms with van der Waals surface area (Å²) in [5.41, 5.74) is 4.17. The normalized spacial score (nSPS) is 10.5. The molecular weight excluding hydrogens is 440 g/mol. The van der Waals surface area contributed by atoms with E-state index >= 15 is 0 Å². The van der Waals surface area contributed by atoms with Gasteiger partial charge in [-0.2, -0.15) is 0 Å². The molecule has 0 aliphatic rings. The molecule has 3 aromatic rings. The molecule has 0 aliphatic carbocycles. The van der Waals surface area contributed by atoms with Crippen LogP contribution in [-0.4, -0.2) is 31.5 Å². The molecule has 1 heterocycles. The summed E-state index contributed by atoms with van der Waals surface area (Å²) in [7, 11) is 1.25. The van der Waals surface area contributed by atoms with Gasteiger partial charge in [0.1, 0.15) is 10.8 Å². The summed E-state index contributed by atoms with van der Waals surface area (Å²) in [6, 6.07) is 13.0. The van der Waals surface area contributed by atoms with Crippen molar-refractivity contribution < 1.29 is 23.9 Å². The van der Waals surface area contributed by atoms with Gasteiger partial charge in [-0.1, -0.05) is 30.3 Å². The van der Waals surface area contributed by atoms with Gasteiger partial charge < -0.3 is 20.1 Å². The van der Waals surface area contributed by atoms with Gasteiger partial charge in [0.2, 0.25) is 0 Å². The van der Waals surface area contributed by atoms with Crippen LogP contribution < -0.4 is 15.4 Å². The standard InChI is InChI=1S/C25H26N2O5S/c1-14-10-8-11-18(16(14)3)26-23(29)22-17(4)21(25(30)31-5)24(33-22)27-20(28)13-32-19-12-7-6-9-15(19)2/h6-12H,13H2,1-5H3,(H,26,29)(H,27,28). The maximum atomic E-state index is 13.0.